The van der Waals surface area contributed by atoms with Crippen LogP contribution in [0.1, 0.15) is 5.56 Å². The molecule has 0 radical (unpaired) electrons. The minimum atomic E-state index is -0.359. The molecule has 0 aliphatic rings. The molecule has 140 valence electrons. The van der Waals surface area contributed by atoms with Crippen molar-refractivity contribution in [3.8, 4) is 11.5 Å². The van der Waals surface area contributed by atoms with Crippen LogP contribution in [0.5, 0.6) is 0 Å². The van der Waals surface area contributed by atoms with Crippen LogP contribution >= 0.6 is 11.6 Å². The number of carbonyl (C=O) groups is 1. The van der Waals surface area contributed by atoms with Gasteiger partial charge in [-0.25, -0.2) is 15.0 Å². The molecule has 0 saturated carbocycles. The quantitative estimate of drug-likeness (QED) is 0.395. The number of anilines is 1. The van der Waals surface area contributed by atoms with Crippen molar-refractivity contribution in [2.24, 2.45) is 5.10 Å². The van der Waals surface area contributed by atoms with Gasteiger partial charge in [-0.1, -0.05) is 41.9 Å². The number of rotatable bonds is 5. The zero-order chi connectivity index (χ0) is 19.5. The van der Waals surface area contributed by atoms with Gasteiger partial charge in [-0.05, 0) is 28.5 Å². The third-order valence-electron chi connectivity index (χ3n) is 3.98. The van der Waals surface area contributed by atoms with Crippen LogP contribution in [0, 0.1) is 0 Å². The monoisotopic (exact) mass is 395 g/mol. The Hall–Kier alpha value is -3.72. The molecular formula is C18H14ClN7O2. The maximum atomic E-state index is 12.4. The van der Waals surface area contributed by atoms with Crippen molar-refractivity contribution < 1.29 is 9.42 Å². The Morgan fingerprint density at radius 1 is 1.21 bits per heavy atom. The van der Waals surface area contributed by atoms with Crippen molar-refractivity contribution in [3.05, 3.63) is 59.1 Å². The average molecular weight is 396 g/mol. The third kappa shape index (κ3) is 3.42. The second kappa shape index (κ2) is 7.49. The Morgan fingerprint density at radius 2 is 2.00 bits per heavy atom. The van der Waals surface area contributed by atoms with Gasteiger partial charge in [0.1, 0.15) is 6.54 Å². The van der Waals surface area contributed by atoms with E-state index in [1.807, 2.05) is 36.4 Å². The number of nitrogen functional groups attached to an aromatic ring is 1. The number of imidazole rings is 1. The lowest BCUT2D eigenvalue weighted by Gasteiger charge is -2.06. The molecule has 28 heavy (non-hydrogen) atoms. The van der Waals surface area contributed by atoms with Crippen LogP contribution in [-0.4, -0.2) is 32.0 Å². The summed E-state index contributed by atoms with van der Waals surface area (Å²) in [5.41, 5.74) is 10.7. The highest BCUT2D eigenvalue weighted by molar-refractivity contribution is 6.33. The highest BCUT2D eigenvalue weighted by Gasteiger charge is 2.20. The molecule has 4 rings (SSSR count). The Balaban J connectivity index is 1.60. The normalized spacial score (nSPS) is 11.3. The maximum absolute atomic E-state index is 12.4. The first-order valence-corrected chi connectivity index (χ1v) is 8.61. The Bertz CT molecular complexity index is 1180. The van der Waals surface area contributed by atoms with Crippen LogP contribution in [0.15, 0.2) is 58.3 Å². The lowest BCUT2D eigenvalue weighted by molar-refractivity contribution is -0.121. The van der Waals surface area contributed by atoms with Crippen LogP contribution in [0.2, 0.25) is 5.02 Å². The predicted octanol–water partition coefficient (Wildman–Crippen LogP) is 2.47. The molecule has 10 heteroatoms. The first-order chi connectivity index (χ1) is 13.6. The number of hydrogen-bond acceptors (Lipinski definition) is 7. The molecule has 1 amide bonds. The van der Waals surface area contributed by atoms with E-state index in [1.165, 1.54) is 6.21 Å². The summed E-state index contributed by atoms with van der Waals surface area (Å²) in [6, 6.07) is 14.5. The Kier molecular flexibility index (Phi) is 4.73. The number of nitrogens with two attached hydrogens (primary N) is 1. The molecule has 4 aromatic rings. The molecule has 0 aliphatic heterocycles. The summed E-state index contributed by atoms with van der Waals surface area (Å²) in [6.45, 7) is -0.0536. The van der Waals surface area contributed by atoms with E-state index >= 15 is 0 Å². The fraction of sp³-hybridized carbons (Fsp3) is 0.0556. The van der Waals surface area contributed by atoms with Gasteiger partial charge in [0.25, 0.3) is 5.91 Å². The van der Waals surface area contributed by atoms with Crippen LogP contribution < -0.4 is 11.2 Å². The number of aromatic nitrogens is 4. The van der Waals surface area contributed by atoms with E-state index in [0.717, 1.165) is 5.52 Å². The largest absolute Gasteiger partial charge is 0.379 e. The fourth-order valence-electron chi connectivity index (χ4n) is 2.70. The lowest BCUT2D eigenvalue weighted by Crippen LogP contribution is -2.23. The highest BCUT2D eigenvalue weighted by atomic mass is 35.5. The molecule has 2 heterocycles. The number of benzene rings is 2. The Morgan fingerprint density at radius 3 is 2.79 bits per heavy atom. The minimum absolute atomic E-state index is 0.0536. The van der Waals surface area contributed by atoms with E-state index in [4.69, 9.17) is 17.3 Å². The van der Waals surface area contributed by atoms with E-state index in [-0.39, 0.29) is 24.0 Å². The van der Waals surface area contributed by atoms with Crippen molar-refractivity contribution in [2.75, 3.05) is 5.73 Å². The molecule has 0 unspecified atom stereocenters. The molecular weight excluding hydrogens is 382 g/mol. The van der Waals surface area contributed by atoms with Gasteiger partial charge in [-0.15, -0.1) is 0 Å². The van der Waals surface area contributed by atoms with Crippen molar-refractivity contribution >= 4 is 40.6 Å². The number of nitrogens with one attached hydrogen (secondary N) is 1. The first-order valence-electron chi connectivity index (χ1n) is 8.23. The van der Waals surface area contributed by atoms with Crippen molar-refractivity contribution in [2.45, 2.75) is 6.54 Å². The summed E-state index contributed by atoms with van der Waals surface area (Å²) in [5.74, 6) is 0.113. The standard InChI is InChI=1S/C18H14ClN7O2/c19-12-6-2-1-5-11(12)9-21-23-15(27)10-26-14-8-4-3-7-13(14)22-18(26)16-17(20)25-28-24-16/h1-9H,10H2,(H2,20,25)(H,23,27)/b21-9+. The van der Waals surface area contributed by atoms with Gasteiger partial charge in [0, 0.05) is 10.6 Å². The van der Waals surface area contributed by atoms with E-state index in [2.05, 4.69) is 30.5 Å². The van der Waals surface area contributed by atoms with Gasteiger partial charge < -0.3 is 10.3 Å². The van der Waals surface area contributed by atoms with Gasteiger partial charge in [0.15, 0.2) is 17.3 Å². The summed E-state index contributed by atoms with van der Waals surface area (Å²) < 4.78 is 6.34. The second-order valence-electron chi connectivity index (χ2n) is 5.82. The van der Waals surface area contributed by atoms with Crippen molar-refractivity contribution in [1.82, 2.24) is 25.3 Å². The molecule has 0 aliphatic carbocycles. The summed E-state index contributed by atoms with van der Waals surface area (Å²) in [7, 11) is 0. The van der Waals surface area contributed by atoms with Crippen molar-refractivity contribution in [1.29, 1.82) is 0 Å². The van der Waals surface area contributed by atoms with Crippen molar-refractivity contribution in [3.63, 3.8) is 0 Å². The maximum Gasteiger partial charge on any atom is 0.260 e. The van der Waals surface area contributed by atoms with E-state index in [1.54, 1.807) is 16.7 Å². The number of hydrogen-bond donors (Lipinski definition) is 2. The van der Waals surface area contributed by atoms with Gasteiger partial charge >= 0.3 is 0 Å². The average Bonchev–Trinajstić information content (AvgIpc) is 3.27. The van der Waals surface area contributed by atoms with E-state index in [0.29, 0.717) is 21.9 Å². The molecule has 0 fully saturated rings. The van der Waals surface area contributed by atoms with Crippen LogP contribution in [0.3, 0.4) is 0 Å². The predicted molar refractivity (Wildman–Crippen MR) is 105 cm³/mol. The SMILES string of the molecule is Nc1nonc1-c1nc2ccccc2n1CC(=O)N/N=C/c1ccccc1Cl. The van der Waals surface area contributed by atoms with Gasteiger partial charge in [-0.2, -0.15) is 5.10 Å². The minimum Gasteiger partial charge on any atom is -0.379 e. The summed E-state index contributed by atoms with van der Waals surface area (Å²) >= 11 is 6.06. The molecule has 3 N–H and O–H groups in total. The third-order valence-corrected chi connectivity index (χ3v) is 4.32. The summed E-state index contributed by atoms with van der Waals surface area (Å²) in [4.78, 5) is 16.9. The van der Waals surface area contributed by atoms with Crippen LogP contribution in [0.4, 0.5) is 5.82 Å². The van der Waals surface area contributed by atoms with Crippen LogP contribution in [0.25, 0.3) is 22.6 Å². The zero-order valence-electron chi connectivity index (χ0n) is 14.4. The zero-order valence-corrected chi connectivity index (χ0v) is 15.2. The van der Waals surface area contributed by atoms with Gasteiger partial charge in [0.05, 0.1) is 17.2 Å². The number of halogens is 1. The van der Waals surface area contributed by atoms with Gasteiger partial charge in [-0.3, -0.25) is 4.79 Å². The highest BCUT2D eigenvalue weighted by Crippen LogP contribution is 2.26. The summed E-state index contributed by atoms with van der Waals surface area (Å²) in [6.07, 6.45) is 1.48. The number of hydrazone groups is 1. The molecule has 2 aromatic carbocycles. The number of nitrogens with zero attached hydrogens (tertiary/aromatic N) is 5. The first kappa shape index (κ1) is 17.7. The number of fused-ring (bicyclic) bond motifs is 1. The molecule has 0 spiro atoms. The number of para-hydroxylation sites is 2. The number of amides is 1. The topological polar surface area (TPSA) is 124 Å². The van der Waals surface area contributed by atoms with E-state index in [9.17, 15) is 4.79 Å². The molecule has 2 aromatic heterocycles. The summed E-state index contributed by atoms with van der Waals surface area (Å²) in [5, 5.41) is 11.9. The second-order valence-corrected chi connectivity index (χ2v) is 6.23. The van der Waals surface area contributed by atoms with Crippen LogP contribution in [-0.2, 0) is 11.3 Å². The molecule has 0 atom stereocenters. The molecule has 0 saturated heterocycles. The molecule has 9 nitrogen and oxygen atoms in total. The smallest absolute Gasteiger partial charge is 0.260 e. The Labute approximate surface area is 163 Å². The molecule has 0 bridgehead atoms. The van der Waals surface area contributed by atoms with E-state index < -0.39 is 0 Å². The number of carbonyl (C=O) groups excluding carboxylic acids is 1. The fourth-order valence-corrected chi connectivity index (χ4v) is 2.88. The van der Waals surface area contributed by atoms with Gasteiger partial charge in [0.2, 0.25) is 0 Å². The lowest BCUT2D eigenvalue weighted by atomic mass is 10.2.